The fourth-order valence-corrected chi connectivity index (χ4v) is 5.51. The Hall–Kier alpha value is -2.58. The summed E-state index contributed by atoms with van der Waals surface area (Å²) in [5.74, 6) is 1.04. The third-order valence-corrected chi connectivity index (χ3v) is 7.19. The van der Waals surface area contributed by atoms with E-state index in [0.29, 0.717) is 23.2 Å². The minimum atomic E-state index is -0.171. The van der Waals surface area contributed by atoms with Gasteiger partial charge in [0.1, 0.15) is 5.82 Å². The minimum absolute atomic E-state index is 0.0100. The van der Waals surface area contributed by atoms with Crippen LogP contribution in [0, 0.1) is 0 Å². The van der Waals surface area contributed by atoms with Crippen molar-refractivity contribution in [3.05, 3.63) is 52.1 Å². The van der Waals surface area contributed by atoms with Gasteiger partial charge in [-0.15, -0.1) is 0 Å². The zero-order valence-corrected chi connectivity index (χ0v) is 20.8. The lowest BCUT2D eigenvalue weighted by atomic mass is 10.0. The Morgan fingerprint density at radius 1 is 1.18 bits per heavy atom. The van der Waals surface area contributed by atoms with Crippen LogP contribution in [0.25, 0.3) is 10.3 Å². The molecule has 0 bridgehead atoms. The number of carbonyl (C=O) groups is 1. The van der Waals surface area contributed by atoms with Crippen LogP contribution in [0.15, 0.2) is 35.1 Å². The number of anilines is 1. The number of ketones is 1. The molecule has 0 amide bonds. The molecule has 1 fully saturated rings. The Morgan fingerprint density at radius 3 is 2.64 bits per heavy atom. The van der Waals surface area contributed by atoms with Crippen LogP contribution in [0.5, 0.6) is 0 Å². The summed E-state index contributed by atoms with van der Waals surface area (Å²) in [4.78, 5) is 40.8. The van der Waals surface area contributed by atoms with Crippen molar-refractivity contribution in [1.29, 1.82) is 0 Å². The first-order chi connectivity index (χ1) is 15.8. The van der Waals surface area contributed by atoms with E-state index in [9.17, 15) is 9.59 Å². The molecule has 1 aliphatic rings. The van der Waals surface area contributed by atoms with Crippen molar-refractivity contribution in [2.24, 2.45) is 0 Å². The van der Waals surface area contributed by atoms with Gasteiger partial charge in [-0.05, 0) is 52.8 Å². The molecule has 1 aliphatic heterocycles. The number of aromatic nitrogens is 3. The molecule has 33 heavy (non-hydrogen) atoms. The van der Waals surface area contributed by atoms with Crippen molar-refractivity contribution in [3.63, 3.8) is 0 Å². The van der Waals surface area contributed by atoms with E-state index in [1.54, 1.807) is 4.57 Å². The van der Waals surface area contributed by atoms with Gasteiger partial charge in [-0.1, -0.05) is 41.7 Å². The molecular weight excluding hydrogens is 434 g/mol. The molecular formula is C25H33N5O2S. The topological polar surface area (TPSA) is 71.3 Å². The monoisotopic (exact) mass is 467 g/mol. The van der Waals surface area contributed by atoms with E-state index in [-0.39, 0.29) is 23.4 Å². The first-order valence-corrected chi connectivity index (χ1v) is 12.6. The molecule has 0 aliphatic carbocycles. The maximum Gasteiger partial charge on any atom is 0.281 e. The van der Waals surface area contributed by atoms with Crippen LogP contribution in [-0.2, 0) is 17.6 Å². The summed E-state index contributed by atoms with van der Waals surface area (Å²) in [6.45, 7) is 5.61. The highest BCUT2D eigenvalue weighted by molar-refractivity contribution is 7.21. The summed E-state index contributed by atoms with van der Waals surface area (Å²) in [6, 6.07) is 9.97. The predicted octanol–water partition coefficient (Wildman–Crippen LogP) is 3.71. The normalized spacial score (nSPS) is 16.4. The smallest absolute Gasteiger partial charge is 0.281 e. The van der Waals surface area contributed by atoms with E-state index in [4.69, 9.17) is 9.97 Å². The Kier molecular flexibility index (Phi) is 7.24. The van der Waals surface area contributed by atoms with E-state index in [1.807, 2.05) is 46.1 Å². The number of hydrogen-bond acceptors (Lipinski definition) is 7. The Morgan fingerprint density at radius 2 is 1.94 bits per heavy atom. The van der Waals surface area contributed by atoms with Crippen LogP contribution in [0.3, 0.4) is 0 Å². The van der Waals surface area contributed by atoms with Gasteiger partial charge in [0.25, 0.3) is 5.56 Å². The largest absolute Gasteiger partial charge is 0.338 e. The van der Waals surface area contributed by atoms with Gasteiger partial charge in [0, 0.05) is 32.0 Å². The summed E-state index contributed by atoms with van der Waals surface area (Å²) in [5.41, 5.74) is 1.51. The number of benzene rings is 1. The molecule has 0 N–H and O–H groups in total. The van der Waals surface area contributed by atoms with Crippen molar-refractivity contribution in [3.8, 4) is 0 Å². The fraction of sp³-hybridized carbons (Fsp3) is 0.520. The molecule has 4 rings (SSSR count). The number of rotatable bonds is 9. The third-order valence-electron chi connectivity index (χ3n) is 6.20. The highest BCUT2D eigenvalue weighted by Crippen LogP contribution is 2.32. The minimum Gasteiger partial charge on any atom is -0.338 e. The molecule has 0 spiro atoms. The summed E-state index contributed by atoms with van der Waals surface area (Å²) in [7, 11) is 4.03. The molecule has 2 aromatic heterocycles. The van der Waals surface area contributed by atoms with Crippen LogP contribution in [0.1, 0.15) is 50.5 Å². The number of hydrogen-bond donors (Lipinski definition) is 0. The maximum atomic E-state index is 13.3. The van der Waals surface area contributed by atoms with Crippen LogP contribution in [0.2, 0.25) is 0 Å². The van der Waals surface area contributed by atoms with E-state index >= 15 is 0 Å². The average Bonchev–Trinajstić information content (AvgIpc) is 3.43. The predicted molar refractivity (Wildman–Crippen MR) is 134 cm³/mol. The zero-order chi connectivity index (χ0) is 23.5. The van der Waals surface area contributed by atoms with Crippen LogP contribution < -0.4 is 10.5 Å². The Balaban J connectivity index is 1.60. The van der Waals surface area contributed by atoms with Gasteiger partial charge in [-0.2, -0.15) is 0 Å². The standard InChI is InChI=1S/C25H33N5O2S/c1-17(2)30-21(14-16-28(3)4)26-23-22(24(30)32)27-25(33-23)29-15-8-11-19(29)20(31)13-12-18-9-6-5-7-10-18/h5-7,9-10,17,19H,8,11-16H2,1-4H3/t19-/m1/s1. The third kappa shape index (κ3) is 5.17. The number of fused-ring (bicyclic) bond motifs is 1. The van der Waals surface area contributed by atoms with Crippen molar-refractivity contribution in [2.75, 3.05) is 32.1 Å². The molecule has 3 aromatic rings. The molecule has 0 unspecified atom stereocenters. The zero-order valence-electron chi connectivity index (χ0n) is 20.0. The van der Waals surface area contributed by atoms with Crippen LogP contribution >= 0.6 is 11.3 Å². The van der Waals surface area contributed by atoms with Crippen LogP contribution in [-0.4, -0.2) is 58.4 Å². The molecule has 1 atom stereocenters. The Bertz CT molecular complexity index is 1170. The number of thiazole rings is 1. The van der Waals surface area contributed by atoms with Gasteiger partial charge >= 0.3 is 0 Å². The molecule has 1 aromatic carbocycles. The molecule has 176 valence electrons. The molecule has 0 radical (unpaired) electrons. The average molecular weight is 468 g/mol. The van der Waals surface area contributed by atoms with E-state index in [0.717, 1.165) is 43.3 Å². The summed E-state index contributed by atoms with van der Waals surface area (Å²) < 4.78 is 1.77. The lowest BCUT2D eigenvalue weighted by Crippen LogP contribution is -2.36. The first-order valence-electron chi connectivity index (χ1n) is 11.7. The van der Waals surface area contributed by atoms with Crippen molar-refractivity contribution in [1.82, 2.24) is 19.4 Å². The summed E-state index contributed by atoms with van der Waals surface area (Å²) >= 11 is 1.44. The van der Waals surface area contributed by atoms with E-state index in [2.05, 4.69) is 21.9 Å². The molecule has 1 saturated heterocycles. The molecule has 3 heterocycles. The van der Waals surface area contributed by atoms with Gasteiger partial charge in [0.05, 0.1) is 6.04 Å². The van der Waals surface area contributed by atoms with Gasteiger partial charge in [0.15, 0.2) is 21.3 Å². The van der Waals surface area contributed by atoms with Gasteiger partial charge in [0.2, 0.25) is 0 Å². The lowest BCUT2D eigenvalue weighted by Gasteiger charge is -2.22. The van der Waals surface area contributed by atoms with Crippen molar-refractivity contribution in [2.45, 2.75) is 58.0 Å². The second-order valence-corrected chi connectivity index (χ2v) is 10.3. The Labute approximate surface area is 199 Å². The van der Waals surface area contributed by atoms with Gasteiger partial charge in [-0.25, -0.2) is 9.97 Å². The fourth-order valence-electron chi connectivity index (χ4n) is 4.48. The van der Waals surface area contributed by atoms with Crippen molar-refractivity contribution >= 4 is 32.6 Å². The maximum absolute atomic E-state index is 13.3. The quantitative estimate of drug-likeness (QED) is 0.478. The number of nitrogens with zero attached hydrogens (tertiary/aromatic N) is 5. The van der Waals surface area contributed by atoms with Gasteiger partial charge < -0.3 is 9.80 Å². The molecule has 7 nitrogen and oxygen atoms in total. The number of aryl methyl sites for hydroxylation is 1. The second kappa shape index (κ2) is 10.1. The molecule has 8 heteroatoms. The molecule has 0 saturated carbocycles. The van der Waals surface area contributed by atoms with E-state index < -0.39 is 0 Å². The number of Topliss-reactive ketones (excluding diaryl/α,β-unsaturated/α-hetero) is 1. The first kappa shape index (κ1) is 23.6. The number of likely N-dealkylation sites (N-methyl/N-ethyl adjacent to an activating group) is 1. The lowest BCUT2D eigenvalue weighted by molar-refractivity contribution is -0.120. The number of carbonyl (C=O) groups excluding carboxylic acids is 1. The second-order valence-electron chi connectivity index (χ2n) is 9.30. The van der Waals surface area contributed by atoms with E-state index in [1.165, 1.54) is 16.9 Å². The summed E-state index contributed by atoms with van der Waals surface area (Å²) in [6.07, 6.45) is 3.76. The highest BCUT2D eigenvalue weighted by Gasteiger charge is 2.33. The van der Waals surface area contributed by atoms with Crippen molar-refractivity contribution < 1.29 is 4.79 Å². The highest BCUT2D eigenvalue weighted by atomic mass is 32.1. The van der Waals surface area contributed by atoms with Gasteiger partial charge in [-0.3, -0.25) is 14.2 Å². The SMILES string of the molecule is CC(C)n1c(CCN(C)C)nc2sc(N3CCC[C@@H]3C(=O)CCc3ccccc3)nc2c1=O. The van der Waals surface area contributed by atoms with Crippen LogP contribution in [0.4, 0.5) is 5.13 Å². The summed E-state index contributed by atoms with van der Waals surface area (Å²) in [5, 5.41) is 0.741.